The molecule has 34 heavy (non-hydrogen) atoms. The summed E-state index contributed by atoms with van der Waals surface area (Å²) in [5, 5.41) is 3.35. The third kappa shape index (κ3) is 6.63. The number of hydrogen-bond donors (Lipinski definition) is 1. The minimum atomic E-state index is -0.587. The Hall–Kier alpha value is -3.26. The van der Waals surface area contributed by atoms with E-state index in [2.05, 4.69) is 5.32 Å². The summed E-state index contributed by atoms with van der Waals surface area (Å²) < 4.78 is 15.7. The van der Waals surface area contributed by atoms with Gasteiger partial charge in [-0.15, -0.1) is 0 Å². The van der Waals surface area contributed by atoms with Gasteiger partial charge in [0, 0.05) is 24.5 Å². The van der Waals surface area contributed by atoms with E-state index in [1.807, 2.05) is 31.2 Å². The molecule has 1 fully saturated rings. The van der Waals surface area contributed by atoms with Crippen LogP contribution in [0.25, 0.3) is 0 Å². The van der Waals surface area contributed by atoms with Gasteiger partial charge in [0.2, 0.25) is 5.91 Å². The molecule has 8 nitrogen and oxygen atoms in total. The molecule has 1 N–H and O–H groups in total. The summed E-state index contributed by atoms with van der Waals surface area (Å²) in [6, 6.07) is 12.5. The normalized spacial score (nSPS) is 16.2. The molecule has 2 aromatic rings. The van der Waals surface area contributed by atoms with Crippen molar-refractivity contribution in [2.75, 3.05) is 33.9 Å². The number of rotatable bonds is 10. The van der Waals surface area contributed by atoms with Gasteiger partial charge in [-0.1, -0.05) is 29.8 Å². The topological polar surface area (TPSA) is 94.2 Å². The lowest BCUT2D eigenvalue weighted by Gasteiger charge is -2.17. The number of nitrogens with one attached hydrogen (secondary N) is 1. The molecule has 2 amide bonds. The van der Waals surface area contributed by atoms with E-state index in [4.69, 9.17) is 25.8 Å². The summed E-state index contributed by atoms with van der Waals surface area (Å²) >= 11 is 5.98. The van der Waals surface area contributed by atoms with Gasteiger partial charge in [0.1, 0.15) is 0 Å². The van der Waals surface area contributed by atoms with Crippen molar-refractivity contribution >= 4 is 29.4 Å². The Morgan fingerprint density at radius 3 is 2.62 bits per heavy atom. The van der Waals surface area contributed by atoms with Crippen LogP contribution in [0.4, 0.5) is 0 Å². The van der Waals surface area contributed by atoms with Crippen molar-refractivity contribution in [3.63, 3.8) is 0 Å². The Morgan fingerprint density at radius 1 is 1.15 bits per heavy atom. The van der Waals surface area contributed by atoms with E-state index in [0.717, 1.165) is 11.1 Å². The molecule has 0 aromatic heterocycles. The first kappa shape index (κ1) is 25.4. The SMILES string of the molecule is COc1ccc(CCN2C[C@@H](C(=O)OCC(=O)N[C@@H](C)c3cccc(Cl)c3)CC2=O)cc1OC. The van der Waals surface area contributed by atoms with Crippen LogP contribution in [0.2, 0.25) is 5.02 Å². The number of esters is 1. The van der Waals surface area contributed by atoms with Gasteiger partial charge in [0.25, 0.3) is 5.91 Å². The molecule has 9 heteroatoms. The summed E-state index contributed by atoms with van der Waals surface area (Å²) in [6.45, 7) is 2.15. The van der Waals surface area contributed by atoms with Gasteiger partial charge < -0.3 is 24.4 Å². The molecular formula is C25H29ClN2O6. The predicted octanol–water partition coefficient (Wildman–Crippen LogP) is 3.17. The molecule has 182 valence electrons. The first-order chi connectivity index (χ1) is 16.3. The third-order valence-corrected chi connectivity index (χ3v) is 5.97. The first-order valence-corrected chi connectivity index (χ1v) is 11.4. The number of amides is 2. The highest BCUT2D eigenvalue weighted by atomic mass is 35.5. The summed E-state index contributed by atoms with van der Waals surface area (Å²) in [5.41, 5.74) is 1.83. The van der Waals surface area contributed by atoms with Crippen LogP contribution in [0.5, 0.6) is 11.5 Å². The minimum absolute atomic E-state index is 0.0747. The zero-order valence-electron chi connectivity index (χ0n) is 19.5. The molecule has 0 bridgehead atoms. The van der Waals surface area contributed by atoms with E-state index < -0.39 is 24.4 Å². The Kier molecular flexibility index (Phi) is 8.76. The maximum Gasteiger partial charge on any atom is 0.311 e. The average Bonchev–Trinajstić information content (AvgIpc) is 3.21. The molecule has 1 aliphatic rings. The lowest BCUT2D eigenvalue weighted by atomic mass is 10.1. The van der Waals surface area contributed by atoms with Gasteiger partial charge in [0.15, 0.2) is 18.1 Å². The van der Waals surface area contributed by atoms with Crippen molar-refractivity contribution in [3.05, 3.63) is 58.6 Å². The molecule has 2 aromatic carbocycles. The fourth-order valence-electron chi connectivity index (χ4n) is 3.84. The second kappa shape index (κ2) is 11.7. The lowest BCUT2D eigenvalue weighted by Crippen LogP contribution is -2.33. The van der Waals surface area contributed by atoms with Crippen LogP contribution in [-0.4, -0.2) is 56.6 Å². The number of carbonyl (C=O) groups is 3. The van der Waals surface area contributed by atoms with E-state index in [1.54, 1.807) is 37.3 Å². The highest BCUT2D eigenvalue weighted by molar-refractivity contribution is 6.30. The Balaban J connectivity index is 1.45. The van der Waals surface area contributed by atoms with Crippen LogP contribution >= 0.6 is 11.6 Å². The summed E-state index contributed by atoms with van der Waals surface area (Å²) in [6.07, 6.45) is 0.683. The monoisotopic (exact) mass is 488 g/mol. The maximum absolute atomic E-state index is 12.4. The van der Waals surface area contributed by atoms with Gasteiger partial charge in [-0.3, -0.25) is 14.4 Å². The highest BCUT2D eigenvalue weighted by Gasteiger charge is 2.35. The number of likely N-dealkylation sites (tertiary alicyclic amines) is 1. The number of nitrogens with zero attached hydrogens (tertiary/aromatic N) is 1. The van der Waals surface area contributed by atoms with Crippen molar-refractivity contribution in [1.82, 2.24) is 10.2 Å². The maximum atomic E-state index is 12.4. The van der Waals surface area contributed by atoms with Crippen LogP contribution in [-0.2, 0) is 25.5 Å². The number of halogens is 1. The minimum Gasteiger partial charge on any atom is -0.493 e. The van der Waals surface area contributed by atoms with Gasteiger partial charge in [0.05, 0.1) is 26.2 Å². The smallest absolute Gasteiger partial charge is 0.311 e. The van der Waals surface area contributed by atoms with Crippen molar-refractivity contribution in [2.24, 2.45) is 5.92 Å². The Morgan fingerprint density at radius 2 is 1.91 bits per heavy atom. The Bertz CT molecular complexity index is 1040. The molecular weight excluding hydrogens is 460 g/mol. The van der Waals surface area contributed by atoms with Crippen molar-refractivity contribution in [1.29, 1.82) is 0 Å². The molecule has 2 atom stereocenters. The fourth-order valence-corrected chi connectivity index (χ4v) is 4.04. The van der Waals surface area contributed by atoms with Crippen LogP contribution in [0.15, 0.2) is 42.5 Å². The standard InChI is InChI=1S/C25H29ClN2O6/c1-16(18-5-4-6-20(26)12-18)27-23(29)15-34-25(31)19-13-24(30)28(14-19)10-9-17-7-8-21(32-2)22(11-17)33-3/h4-8,11-12,16,19H,9-10,13-15H2,1-3H3,(H,27,29)/t16-,19-/m0/s1. The van der Waals surface area contributed by atoms with Gasteiger partial charge >= 0.3 is 5.97 Å². The molecule has 0 saturated carbocycles. The average molecular weight is 489 g/mol. The molecule has 0 radical (unpaired) electrons. The van der Waals surface area contributed by atoms with E-state index in [1.165, 1.54) is 0 Å². The number of benzene rings is 2. The largest absolute Gasteiger partial charge is 0.493 e. The van der Waals surface area contributed by atoms with Gasteiger partial charge in [-0.2, -0.15) is 0 Å². The van der Waals surface area contributed by atoms with Crippen LogP contribution in [0, 0.1) is 5.92 Å². The second-order valence-corrected chi connectivity index (χ2v) is 8.57. The quantitative estimate of drug-likeness (QED) is 0.516. The number of methoxy groups -OCH3 is 2. The lowest BCUT2D eigenvalue weighted by molar-refractivity contribution is -0.152. The molecule has 3 rings (SSSR count). The number of ether oxygens (including phenoxy) is 3. The fraction of sp³-hybridized carbons (Fsp3) is 0.400. The first-order valence-electron chi connectivity index (χ1n) is 11.0. The summed E-state index contributed by atoms with van der Waals surface area (Å²) in [7, 11) is 3.14. The molecule has 0 aliphatic carbocycles. The van der Waals surface area contributed by atoms with Crippen molar-refractivity contribution in [3.8, 4) is 11.5 Å². The van der Waals surface area contributed by atoms with E-state index in [-0.39, 0.29) is 24.9 Å². The van der Waals surface area contributed by atoms with Crippen LogP contribution in [0.3, 0.4) is 0 Å². The summed E-state index contributed by atoms with van der Waals surface area (Å²) in [4.78, 5) is 38.7. The van der Waals surface area contributed by atoms with E-state index in [0.29, 0.717) is 29.5 Å². The molecule has 0 unspecified atom stereocenters. The summed E-state index contributed by atoms with van der Waals surface area (Å²) in [5.74, 6) is -0.407. The molecule has 0 spiro atoms. The number of carbonyl (C=O) groups excluding carboxylic acids is 3. The van der Waals surface area contributed by atoms with Crippen LogP contribution < -0.4 is 14.8 Å². The van der Waals surface area contributed by atoms with Gasteiger partial charge in [-0.25, -0.2) is 0 Å². The molecule has 1 saturated heterocycles. The zero-order valence-corrected chi connectivity index (χ0v) is 20.3. The number of hydrogen-bond acceptors (Lipinski definition) is 6. The predicted molar refractivity (Wildman–Crippen MR) is 127 cm³/mol. The zero-order chi connectivity index (χ0) is 24.7. The third-order valence-electron chi connectivity index (χ3n) is 5.74. The highest BCUT2D eigenvalue weighted by Crippen LogP contribution is 2.28. The van der Waals surface area contributed by atoms with E-state index >= 15 is 0 Å². The van der Waals surface area contributed by atoms with Crippen LogP contribution in [0.1, 0.15) is 30.5 Å². The van der Waals surface area contributed by atoms with E-state index in [9.17, 15) is 14.4 Å². The van der Waals surface area contributed by atoms with Gasteiger partial charge in [-0.05, 0) is 48.7 Å². The Labute approximate surface area is 204 Å². The van der Waals surface area contributed by atoms with Crippen molar-refractivity contribution < 1.29 is 28.6 Å². The van der Waals surface area contributed by atoms with Crippen molar-refractivity contribution in [2.45, 2.75) is 25.8 Å². The molecule has 1 aliphatic heterocycles. The second-order valence-electron chi connectivity index (χ2n) is 8.13. The molecule has 1 heterocycles.